The number of carbonyl (C=O) groups excluding carboxylic acids is 2. The van der Waals surface area contributed by atoms with Crippen LogP contribution in [-0.4, -0.2) is 33.4 Å². The summed E-state index contributed by atoms with van der Waals surface area (Å²) in [6, 6.07) is 9.81. The molecular formula is C28H31N5O5. The van der Waals surface area contributed by atoms with Gasteiger partial charge in [0, 0.05) is 5.69 Å². The van der Waals surface area contributed by atoms with Crippen LogP contribution in [0.1, 0.15) is 66.8 Å². The lowest BCUT2D eigenvalue weighted by Crippen LogP contribution is -2.40. The van der Waals surface area contributed by atoms with Gasteiger partial charge in [-0.2, -0.15) is 4.68 Å². The summed E-state index contributed by atoms with van der Waals surface area (Å²) < 4.78 is 6.09. The second kappa shape index (κ2) is 9.92. The molecule has 1 aliphatic heterocycles. The van der Waals surface area contributed by atoms with Crippen LogP contribution in [0.2, 0.25) is 0 Å². The largest absolute Gasteiger partial charge is 0.449 e. The number of carbonyl (C=O) groups is 2. The molecule has 0 radical (unpaired) electrons. The number of aryl methyl sites for hydroxylation is 2. The first-order valence-electron chi connectivity index (χ1n) is 12.9. The first kappa shape index (κ1) is 25.4. The van der Waals surface area contributed by atoms with E-state index in [9.17, 15) is 19.2 Å². The van der Waals surface area contributed by atoms with Crippen molar-refractivity contribution in [3.8, 4) is 5.69 Å². The molecule has 10 heteroatoms. The summed E-state index contributed by atoms with van der Waals surface area (Å²) in [5, 5.41) is 9.44. The van der Waals surface area contributed by atoms with Crippen LogP contribution >= 0.6 is 0 Å². The fraction of sp³-hybridized carbons (Fsp3) is 0.393. The van der Waals surface area contributed by atoms with Crippen molar-refractivity contribution < 1.29 is 14.3 Å². The number of nitrogens with one attached hydrogen (secondary N) is 3. The van der Waals surface area contributed by atoms with Gasteiger partial charge in [-0.15, -0.1) is 5.10 Å². The molecular weight excluding hydrogens is 486 g/mol. The summed E-state index contributed by atoms with van der Waals surface area (Å²) in [4.78, 5) is 51.6. The minimum Gasteiger partial charge on any atom is -0.449 e. The van der Waals surface area contributed by atoms with Crippen LogP contribution in [0.25, 0.3) is 5.69 Å². The third-order valence-electron chi connectivity index (χ3n) is 7.58. The molecule has 38 heavy (non-hydrogen) atoms. The van der Waals surface area contributed by atoms with Crippen molar-refractivity contribution in [1.82, 2.24) is 14.8 Å². The number of hydrogen-bond donors (Lipinski definition) is 3. The Kier molecular flexibility index (Phi) is 6.64. The molecule has 1 spiro atoms. The first-order chi connectivity index (χ1) is 18.2. The molecule has 0 bridgehead atoms. The fourth-order valence-electron chi connectivity index (χ4n) is 5.27. The summed E-state index contributed by atoms with van der Waals surface area (Å²) in [6.45, 7) is 6.10. The van der Waals surface area contributed by atoms with Crippen molar-refractivity contribution in [2.45, 2.75) is 64.7 Å². The lowest BCUT2D eigenvalue weighted by atomic mass is 9.65. The second-order valence-corrected chi connectivity index (χ2v) is 10.1. The average Bonchev–Trinajstić information content (AvgIpc) is 3.14. The molecule has 10 nitrogen and oxygen atoms in total. The zero-order valence-electron chi connectivity index (χ0n) is 21.8. The van der Waals surface area contributed by atoms with E-state index >= 15 is 0 Å². The smallest absolute Gasteiger partial charge is 0.413 e. The minimum absolute atomic E-state index is 0.106. The van der Waals surface area contributed by atoms with Crippen LogP contribution in [0, 0.1) is 13.8 Å². The molecule has 198 valence electrons. The van der Waals surface area contributed by atoms with Gasteiger partial charge in [0.15, 0.2) is 0 Å². The molecule has 2 heterocycles. The topological polar surface area (TPSA) is 135 Å². The van der Waals surface area contributed by atoms with Gasteiger partial charge < -0.3 is 10.1 Å². The molecule has 5 rings (SSSR count). The molecule has 1 aliphatic carbocycles. The standard InChI is InChI=1S/C28H31N5O5/c1-4-5-11-38-27(37)30-23-24(34)31-26(36)33(32-23)19-12-16(2)20(17(3)13-19)14-18-7-8-22-21(15-18)28(9-6-10-28)25(35)29-22/h7-8,12-13,15H,4-6,9-11,14H2,1-3H3,(H,29,35)(H,30,32,37)(H,31,34,36). The van der Waals surface area contributed by atoms with Crippen LogP contribution in [0.15, 0.2) is 39.9 Å². The number of hydrogen-bond acceptors (Lipinski definition) is 6. The Balaban J connectivity index is 1.41. The lowest BCUT2D eigenvalue weighted by Gasteiger charge is -2.36. The van der Waals surface area contributed by atoms with E-state index in [2.05, 4.69) is 26.8 Å². The molecule has 2 aromatic carbocycles. The molecule has 2 amide bonds. The number of rotatable bonds is 7. The number of unbranched alkanes of at least 4 members (excludes halogenated alkanes) is 1. The Morgan fingerprint density at radius 1 is 1.13 bits per heavy atom. The fourth-order valence-corrected chi connectivity index (χ4v) is 5.27. The van der Waals surface area contributed by atoms with Gasteiger partial charge in [0.1, 0.15) is 0 Å². The summed E-state index contributed by atoms with van der Waals surface area (Å²) in [5.74, 6) is -0.216. The predicted molar refractivity (Wildman–Crippen MR) is 143 cm³/mol. The Morgan fingerprint density at radius 2 is 1.87 bits per heavy atom. The van der Waals surface area contributed by atoms with Crippen LogP contribution in [0.4, 0.5) is 16.3 Å². The number of fused-ring (bicyclic) bond motifs is 2. The molecule has 0 unspecified atom stereocenters. The Morgan fingerprint density at radius 3 is 2.53 bits per heavy atom. The minimum atomic E-state index is -0.808. The van der Waals surface area contributed by atoms with Crippen molar-refractivity contribution in [1.29, 1.82) is 0 Å². The normalized spacial score (nSPS) is 15.1. The van der Waals surface area contributed by atoms with Gasteiger partial charge in [0.2, 0.25) is 11.7 Å². The number of nitrogens with zero attached hydrogens (tertiary/aromatic N) is 2. The van der Waals surface area contributed by atoms with Crippen LogP contribution in [0.5, 0.6) is 0 Å². The number of H-pyrrole nitrogens is 1. The Hall–Kier alpha value is -4.21. The molecule has 1 fully saturated rings. The highest BCUT2D eigenvalue weighted by molar-refractivity contribution is 6.07. The highest BCUT2D eigenvalue weighted by Gasteiger charge is 2.50. The van der Waals surface area contributed by atoms with Crippen LogP contribution in [-0.2, 0) is 21.4 Å². The highest BCUT2D eigenvalue weighted by atomic mass is 16.5. The van der Waals surface area contributed by atoms with Crippen molar-refractivity contribution in [2.75, 3.05) is 17.2 Å². The van der Waals surface area contributed by atoms with Gasteiger partial charge in [0.25, 0.3) is 5.56 Å². The highest BCUT2D eigenvalue weighted by Crippen LogP contribution is 2.51. The Labute approximate surface area is 219 Å². The van der Waals surface area contributed by atoms with Gasteiger partial charge >= 0.3 is 11.8 Å². The third kappa shape index (κ3) is 4.51. The Bertz CT molecular complexity index is 1530. The maximum atomic E-state index is 12.6. The quantitative estimate of drug-likeness (QED) is 0.408. The van der Waals surface area contributed by atoms with Gasteiger partial charge in [0.05, 0.1) is 17.7 Å². The summed E-state index contributed by atoms with van der Waals surface area (Å²) in [6.07, 6.45) is 4.25. The number of amides is 2. The zero-order chi connectivity index (χ0) is 27.0. The van der Waals surface area contributed by atoms with Crippen molar-refractivity contribution >= 4 is 23.5 Å². The van der Waals surface area contributed by atoms with Gasteiger partial charge in [-0.3, -0.25) is 19.9 Å². The van der Waals surface area contributed by atoms with E-state index in [0.717, 1.165) is 63.9 Å². The van der Waals surface area contributed by atoms with E-state index in [4.69, 9.17) is 4.74 Å². The first-order valence-corrected chi connectivity index (χ1v) is 12.9. The maximum absolute atomic E-state index is 12.6. The molecule has 3 N–H and O–H groups in total. The number of aromatic amines is 1. The zero-order valence-corrected chi connectivity index (χ0v) is 21.8. The van der Waals surface area contributed by atoms with Crippen molar-refractivity contribution in [3.05, 3.63) is 79.0 Å². The molecule has 1 aromatic heterocycles. The van der Waals surface area contributed by atoms with E-state index in [1.165, 1.54) is 0 Å². The second-order valence-electron chi connectivity index (χ2n) is 10.1. The predicted octanol–water partition coefficient (Wildman–Crippen LogP) is 3.85. The molecule has 3 aromatic rings. The number of ether oxygens (including phenoxy) is 1. The van der Waals surface area contributed by atoms with Crippen molar-refractivity contribution in [2.24, 2.45) is 0 Å². The van der Waals surface area contributed by atoms with Crippen LogP contribution in [0.3, 0.4) is 0 Å². The van der Waals surface area contributed by atoms with E-state index in [1.807, 2.05) is 45.0 Å². The number of anilines is 2. The van der Waals surface area contributed by atoms with E-state index < -0.39 is 17.3 Å². The van der Waals surface area contributed by atoms with E-state index in [1.54, 1.807) is 0 Å². The molecule has 0 atom stereocenters. The monoisotopic (exact) mass is 517 g/mol. The van der Waals surface area contributed by atoms with Gasteiger partial charge in [-0.25, -0.2) is 9.59 Å². The molecule has 1 saturated carbocycles. The van der Waals surface area contributed by atoms with Crippen molar-refractivity contribution in [3.63, 3.8) is 0 Å². The summed E-state index contributed by atoms with van der Waals surface area (Å²) in [7, 11) is 0. The van der Waals surface area contributed by atoms with Gasteiger partial charge in [-0.05, 0) is 85.5 Å². The lowest BCUT2D eigenvalue weighted by molar-refractivity contribution is -0.123. The van der Waals surface area contributed by atoms with E-state index in [0.29, 0.717) is 18.5 Å². The average molecular weight is 518 g/mol. The number of benzene rings is 2. The summed E-state index contributed by atoms with van der Waals surface area (Å²) in [5.41, 5.74) is 4.67. The summed E-state index contributed by atoms with van der Waals surface area (Å²) >= 11 is 0. The van der Waals surface area contributed by atoms with E-state index in [-0.39, 0.29) is 23.7 Å². The van der Waals surface area contributed by atoms with Gasteiger partial charge in [-0.1, -0.05) is 31.9 Å². The maximum Gasteiger partial charge on any atom is 0.413 e. The van der Waals surface area contributed by atoms with Crippen LogP contribution < -0.4 is 21.9 Å². The molecule has 0 saturated heterocycles. The number of aromatic nitrogens is 3. The molecule has 2 aliphatic rings. The SMILES string of the molecule is CCCCOC(=O)Nc1nn(-c2cc(C)c(Cc3ccc4c(c3)C3(CCC3)C(=O)N4)c(C)c2)c(=O)[nH]c1=O. The third-order valence-corrected chi connectivity index (χ3v) is 7.58.